The average Bonchev–Trinajstić information content (AvgIpc) is 2.47. The number of benzene rings is 1. The number of aliphatic hydroxyl groups is 1. The van der Waals surface area contributed by atoms with Crippen LogP contribution in [0.15, 0.2) is 24.3 Å². The molecule has 1 aliphatic rings. The quantitative estimate of drug-likeness (QED) is 0.901. The van der Waals surface area contributed by atoms with Crippen LogP contribution in [-0.2, 0) is 6.18 Å². The highest BCUT2D eigenvalue weighted by atomic mass is 19.4. The number of carbonyl (C=O) groups is 1. The Kier molecular flexibility index (Phi) is 4.88. The Morgan fingerprint density at radius 1 is 1.24 bits per heavy atom. The molecular formula is C15H18F3NO2. The highest BCUT2D eigenvalue weighted by Crippen LogP contribution is 2.32. The number of rotatable bonds is 3. The summed E-state index contributed by atoms with van der Waals surface area (Å²) >= 11 is 0. The summed E-state index contributed by atoms with van der Waals surface area (Å²) in [6.45, 7) is -0.0636. The Bertz CT molecular complexity index is 502. The van der Waals surface area contributed by atoms with Crippen molar-refractivity contribution in [2.75, 3.05) is 6.61 Å². The van der Waals surface area contributed by atoms with Gasteiger partial charge in [0.2, 0.25) is 0 Å². The van der Waals surface area contributed by atoms with Crippen molar-refractivity contribution in [3.8, 4) is 0 Å². The minimum absolute atomic E-state index is 0.0636. The van der Waals surface area contributed by atoms with E-state index in [2.05, 4.69) is 5.32 Å². The van der Waals surface area contributed by atoms with Crippen molar-refractivity contribution in [1.29, 1.82) is 0 Å². The van der Waals surface area contributed by atoms with Gasteiger partial charge in [0.05, 0.1) is 11.1 Å². The summed E-state index contributed by atoms with van der Waals surface area (Å²) in [5.74, 6) is -0.811. The molecule has 21 heavy (non-hydrogen) atoms. The Morgan fingerprint density at radius 3 is 2.57 bits per heavy atom. The van der Waals surface area contributed by atoms with E-state index in [1.54, 1.807) is 0 Å². The van der Waals surface area contributed by atoms with Crippen LogP contribution in [0.4, 0.5) is 13.2 Å². The second-order valence-electron chi connectivity index (χ2n) is 5.35. The lowest BCUT2D eigenvalue weighted by Gasteiger charge is -2.31. The van der Waals surface area contributed by atoms with Crippen molar-refractivity contribution in [2.24, 2.45) is 5.92 Å². The van der Waals surface area contributed by atoms with Crippen LogP contribution in [0.5, 0.6) is 0 Å². The standard InChI is InChI=1S/C15H18F3NO2/c16-15(17,18)12-7-3-2-6-11(12)14(21)19-13-8-4-1-5-10(13)9-20/h2-3,6-7,10,13,20H,1,4-5,8-9H2,(H,19,21). The van der Waals surface area contributed by atoms with Gasteiger partial charge < -0.3 is 10.4 Å². The van der Waals surface area contributed by atoms with Crippen molar-refractivity contribution in [3.63, 3.8) is 0 Å². The number of nitrogens with one attached hydrogen (secondary N) is 1. The van der Waals surface area contributed by atoms with E-state index in [1.165, 1.54) is 18.2 Å². The van der Waals surface area contributed by atoms with E-state index in [4.69, 9.17) is 0 Å². The molecule has 1 aromatic rings. The van der Waals surface area contributed by atoms with Crippen LogP contribution in [-0.4, -0.2) is 23.7 Å². The minimum Gasteiger partial charge on any atom is -0.396 e. The monoisotopic (exact) mass is 301 g/mol. The molecular weight excluding hydrogens is 283 g/mol. The van der Waals surface area contributed by atoms with Crippen molar-refractivity contribution < 1.29 is 23.1 Å². The summed E-state index contributed by atoms with van der Waals surface area (Å²) < 4.78 is 38.7. The number of hydrogen-bond acceptors (Lipinski definition) is 2. The molecule has 0 aliphatic heterocycles. The molecule has 1 aliphatic carbocycles. The highest BCUT2D eigenvalue weighted by molar-refractivity contribution is 5.96. The van der Waals surface area contributed by atoms with Crippen molar-refractivity contribution in [3.05, 3.63) is 35.4 Å². The number of aliphatic hydroxyl groups excluding tert-OH is 1. The Morgan fingerprint density at radius 2 is 1.90 bits per heavy atom. The maximum absolute atomic E-state index is 12.9. The molecule has 0 saturated heterocycles. The van der Waals surface area contributed by atoms with Crippen LogP contribution < -0.4 is 5.32 Å². The summed E-state index contributed by atoms with van der Waals surface area (Å²) in [6.07, 6.45) is -1.22. The molecule has 1 aromatic carbocycles. The third-order valence-corrected chi connectivity index (χ3v) is 3.94. The van der Waals surface area contributed by atoms with E-state index in [0.717, 1.165) is 25.3 Å². The summed E-state index contributed by atoms with van der Waals surface area (Å²) in [4.78, 5) is 12.1. The molecule has 2 unspecified atom stereocenters. The zero-order chi connectivity index (χ0) is 15.5. The van der Waals surface area contributed by atoms with Gasteiger partial charge in [-0.25, -0.2) is 0 Å². The maximum Gasteiger partial charge on any atom is 0.417 e. The van der Waals surface area contributed by atoms with Gasteiger partial charge in [-0.2, -0.15) is 13.2 Å². The molecule has 6 heteroatoms. The Balaban J connectivity index is 2.17. The molecule has 1 amide bonds. The van der Waals surface area contributed by atoms with Crippen molar-refractivity contribution in [2.45, 2.75) is 37.9 Å². The first kappa shape index (κ1) is 15.8. The van der Waals surface area contributed by atoms with Crippen LogP contribution >= 0.6 is 0 Å². The maximum atomic E-state index is 12.9. The minimum atomic E-state index is -4.56. The zero-order valence-corrected chi connectivity index (χ0v) is 11.5. The lowest BCUT2D eigenvalue weighted by atomic mass is 9.85. The van der Waals surface area contributed by atoms with Gasteiger partial charge in [0.15, 0.2) is 0 Å². The number of halogens is 3. The second-order valence-corrected chi connectivity index (χ2v) is 5.35. The van der Waals surface area contributed by atoms with Crippen LogP contribution in [0.1, 0.15) is 41.6 Å². The molecule has 2 N–H and O–H groups in total. The molecule has 2 atom stereocenters. The first-order chi connectivity index (χ1) is 9.93. The van der Waals surface area contributed by atoms with Gasteiger partial charge in [-0.15, -0.1) is 0 Å². The summed E-state index contributed by atoms with van der Waals surface area (Å²) in [5, 5.41) is 11.9. The summed E-state index contributed by atoms with van der Waals surface area (Å²) in [5.41, 5.74) is -1.30. The number of carbonyl (C=O) groups excluding carboxylic acids is 1. The summed E-state index contributed by atoms with van der Waals surface area (Å²) in [6, 6.07) is 4.48. The van der Waals surface area contributed by atoms with Crippen molar-refractivity contribution >= 4 is 5.91 Å². The highest BCUT2D eigenvalue weighted by Gasteiger charge is 2.35. The van der Waals surface area contributed by atoms with E-state index in [-0.39, 0.29) is 24.1 Å². The number of amides is 1. The van der Waals surface area contributed by atoms with E-state index in [0.29, 0.717) is 6.42 Å². The molecule has 3 nitrogen and oxygen atoms in total. The zero-order valence-electron chi connectivity index (χ0n) is 11.5. The Labute approximate surface area is 121 Å². The third-order valence-electron chi connectivity index (χ3n) is 3.94. The molecule has 2 rings (SSSR count). The lowest BCUT2D eigenvalue weighted by molar-refractivity contribution is -0.137. The Hall–Kier alpha value is -1.56. The molecule has 0 bridgehead atoms. The van der Waals surface area contributed by atoms with Crippen LogP contribution in [0.2, 0.25) is 0 Å². The van der Waals surface area contributed by atoms with E-state index < -0.39 is 17.6 Å². The van der Waals surface area contributed by atoms with E-state index in [1.807, 2.05) is 0 Å². The van der Waals surface area contributed by atoms with Gasteiger partial charge in [0.1, 0.15) is 0 Å². The third kappa shape index (κ3) is 3.75. The van der Waals surface area contributed by atoms with Gasteiger partial charge in [-0.05, 0) is 25.0 Å². The van der Waals surface area contributed by atoms with Crippen LogP contribution in [0.3, 0.4) is 0 Å². The predicted octanol–water partition coefficient (Wildman–Crippen LogP) is 2.99. The first-order valence-electron chi connectivity index (χ1n) is 7.01. The molecule has 116 valence electrons. The average molecular weight is 301 g/mol. The first-order valence-corrected chi connectivity index (χ1v) is 7.01. The molecule has 1 saturated carbocycles. The predicted molar refractivity (Wildman–Crippen MR) is 71.7 cm³/mol. The van der Waals surface area contributed by atoms with Gasteiger partial charge in [-0.1, -0.05) is 25.0 Å². The normalized spacial score (nSPS) is 22.9. The molecule has 1 fully saturated rings. The summed E-state index contributed by atoms with van der Waals surface area (Å²) in [7, 11) is 0. The molecule has 0 aromatic heterocycles. The fourth-order valence-electron chi connectivity index (χ4n) is 2.79. The van der Waals surface area contributed by atoms with Gasteiger partial charge in [0.25, 0.3) is 5.91 Å². The SMILES string of the molecule is O=C(NC1CCCCC1CO)c1ccccc1C(F)(F)F. The van der Waals surface area contributed by atoms with Crippen molar-refractivity contribution in [1.82, 2.24) is 5.32 Å². The van der Waals surface area contributed by atoms with Gasteiger partial charge in [0, 0.05) is 18.6 Å². The van der Waals surface area contributed by atoms with E-state index in [9.17, 15) is 23.1 Å². The number of alkyl halides is 3. The van der Waals surface area contributed by atoms with Gasteiger partial charge >= 0.3 is 6.18 Å². The van der Waals surface area contributed by atoms with Crippen LogP contribution in [0.25, 0.3) is 0 Å². The topological polar surface area (TPSA) is 49.3 Å². The lowest BCUT2D eigenvalue weighted by Crippen LogP contribution is -2.43. The van der Waals surface area contributed by atoms with Gasteiger partial charge in [-0.3, -0.25) is 4.79 Å². The molecule has 0 heterocycles. The molecule has 0 spiro atoms. The molecule has 0 radical (unpaired) electrons. The number of hydrogen-bond donors (Lipinski definition) is 2. The smallest absolute Gasteiger partial charge is 0.396 e. The largest absolute Gasteiger partial charge is 0.417 e. The van der Waals surface area contributed by atoms with Crippen LogP contribution in [0, 0.1) is 5.92 Å². The van der Waals surface area contributed by atoms with E-state index >= 15 is 0 Å². The second kappa shape index (κ2) is 6.47. The fourth-order valence-corrected chi connectivity index (χ4v) is 2.79. The fraction of sp³-hybridized carbons (Fsp3) is 0.533.